The number of nitrogens with one attached hydrogen (secondary N) is 3. The standard InChI is InChI=1S/C23H17F3N4O3S/c1-11-17-20(32)27-12(2)28-22(17)34-18(11)21(33)30-15-7-3-5-13(9-15)19(31)29-16-8-4-6-14(10-16)23(24,25)26/h3-10H,1-2H3,(H,29,31)(H,30,33)(H,27,28,32). The number of anilines is 2. The summed E-state index contributed by atoms with van der Waals surface area (Å²) >= 11 is 1.08. The summed E-state index contributed by atoms with van der Waals surface area (Å²) in [4.78, 5) is 45.3. The Hall–Kier alpha value is -3.99. The van der Waals surface area contributed by atoms with Gasteiger partial charge in [-0.3, -0.25) is 14.4 Å². The number of nitrogens with zero attached hydrogens (tertiary/aromatic N) is 1. The summed E-state index contributed by atoms with van der Waals surface area (Å²) in [7, 11) is 0. The average Bonchev–Trinajstić information content (AvgIpc) is 3.10. The summed E-state index contributed by atoms with van der Waals surface area (Å²) in [5.74, 6) is -0.683. The number of halogens is 3. The SMILES string of the molecule is Cc1nc2sc(C(=O)Nc3cccc(C(=O)Nc4cccc(C(F)(F)F)c4)c3)c(C)c2c(=O)[nH]1. The highest BCUT2D eigenvalue weighted by Crippen LogP contribution is 2.31. The van der Waals surface area contributed by atoms with Crippen LogP contribution in [0.2, 0.25) is 0 Å². The molecule has 11 heteroatoms. The molecule has 0 aliphatic rings. The summed E-state index contributed by atoms with van der Waals surface area (Å²) in [6.07, 6.45) is -4.53. The van der Waals surface area contributed by atoms with Crippen molar-refractivity contribution >= 4 is 44.7 Å². The molecule has 0 atom stereocenters. The number of thiophene rings is 1. The molecule has 2 amide bonds. The van der Waals surface area contributed by atoms with Crippen LogP contribution in [0.1, 0.15) is 37.0 Å². The van der Waals surface area contributed by atoms with Crippen LogP contribution >= 0.6 is 11.3 Å². The summed E-state index contributed by atoms with van der Waals surface area (Å²) < 4.78 is 38.7. The first-order valence-electron chi connectivity index (χ1n) is 9.93. The highest BCUT2D eigenvalue weighted by molar-refractivity contribution is 7.20. The summed E-state index contributed by atoms with van der Waals surface area (Å²) in [6.45, 7) is 3.30. The van der Waals surface area contributed by atoms with Crippen molar-refractivity contribution in [1.82, 2.24) is 9.97 Å². The van der Waals surface area contributed by atoms with E-state index in [1.165, 1.54) is 30.3 Å². The first kappa shape index (κ1) is 23.2. The molecular formula is C23H17F3N4O3S. The Morgan fingerprint density at radius 1 is 0.971 bits per heavy atom. The van der Waals surface area contributed by atoms with Crippen LogP contribution in [0, 0.1) is 13.8 Å². The highest BCUT2D eigenvalue weighted by Gasteiger charge is 2.30. The van der Waals surface area contributed by atoms with E-state index in [4.69, 9.17) is 0 Å². The molecule has 0 spiro atoms. The number of carbonyl (C=O) groups is 2. The maximum atomic E-state index is 12.9. The second-order valence-corrected chi connectivity index (χ2v) is 8.45. The first-order chi connectivity index (χ1) is 16.0. The number of benzene rings is 2. The molecule has 0 saturated heterocycles. The van der Waals surface area contributed by atoms with Gasteiger partial charge in [-0.15, -0.1) is 11.3 Å². The van der Waals surface area contributed by atoms with E-state index in [1.807, 2.05) is 0 Å². The van der Waals surface area contributed by atoms with Gasteiger partial charge in [0.15, 0.2) is 0 Å². The molecule has 0 saturated carbocycles. The summed E-state index contributed by atoms with van der Waals surface area (Å²) in [5.41, 5.74) is -0.293. The molecular weight excluding hydrogens is 469 g/mol. The van der Waals surface area contributed by atoms with E-state index in [2.05, 4.69) is 20.6 Å². The Balaban J connectivity index is 1.54. The van der Waals surface area contributed by atoms with Crippen LogP contribution in [0.3, 0.4) is 0 Å². The van der Waals surface area contributed by atoms with Crippen LogP contribution in [0.4, 0.5) is 24.5 Å². The van der Waals surface area contributed by atoms with Crippen molar-refractivity contribution in [2.75, 3.05) is 10.6 Å². The number of rotatable bonds is 4. The molecule has 2 heterocycles. The lowest BCUT2D eigenvalue weighted by atomic mass is 10.1. The van der Waals surface area contributed by atoms with Crippen molar-refractivity contribution in [2.24, 2.45) is 0 Å². The topological polar surface area (TPSA) is 104 Å². The number of amides is 2. The lowest BCUT2D eigenvalue weighted by Gasteiger charge is -2.11. The van der Waals surface area contributed by atoms with Crippen LogP contribution in [0.25, 0.3) is 10.2 Å². The molecule has 174 valence electrons. The molecule has 2 aromatic heterocycles. The van der Waals surface area contributed by atoms with Gasteiger partial charge in [0.25, 0.3) is 17.4 Å². The molecule has 3 N–H and O–H groups in total. The Morgan fingerprint density at radius 2 is 1.62 bits per heavy atom. The summed E-state index contributed by atoms with van der Waals surface area (Å²) in [5, 5.41) is 5.45. The third-order valence-corrected chi connectivity index (χ3v) is 6.14. The van der Waals surface area contributed by atoms with Gasteiger partial charge >= 0.3 is 6.18 Å². The Labute approximate surface area is 194 Å². The lowest BCUT2D eigenvalue weighted by Crippen LogP contribution is -2.15. The molecule has 4 rings (SSSR count). The predicted octanol–water partition coefficient (Wildman–Crippen LogP) is 5.12. The molecule has 2 aromatic carbocycles. The van der Waals surface area contributed by atoms with Crippen molar-refractivity contribution < 1.29 is 22.8 Å². The minimum atomic E-state index is -4.53. The van der Waals surface area contributed by atoms with Crippen molar-refractivity contribution in [1.29, 1.82) is 0 Å². The van der Waals surface area contributed by atoms with Crippen molar-refractivity contribution in [2.45, 2.75) is 20.0 Å². The van der Waals surface area contributed by atoms with Gasteiger partial charge in [-0.05, 0) is 55.8 Å². The van der Waals surface area contributed by atoms with Crippen LogP contribution in [-0.2, 0) is 6.18 Å². The maximum Gasteiger partial charge on any atom is 0.416 e. The number of aromatic nitrogens is 2. The number of carbonyl (C=O) groups excluding carboxylic acids is 2. The van der Waals surface area contributed by atoms with Crippen molar-refractivity contribution in [3.8, 4) is 0 Å². The fourth-order valence-electron chi connectivity index (χ4n) is 3.37. The van der Waals surface area contributed by atoms with E-state index in [0.717, 1.165) is 23.5 Å². The van der Waals surface area contributed by atoms with E-state index < -0.39 is 23.6 Å². The molecule has 0 bridgehead atoms. The zero-order chi connectivity index (χ0) is 24.6. The fraction of sp³-hybridized carbons (Fsp3) is 0.130. The predicted molar refractivity (Wildman–Crippen MR) is 124 cm³/mol. The summed E-state index contributed by atoms with van der Waals surface area (Å²) in [6, 6.07) is 10.3. The van der Waals surface area contributed by atoms with Gasteiger partial charge in [-0.2, -0.15) is 13.2 Å². The number of hydrogen-bond donors (Lipinski definition) is 3. The van der Waals surface area contributed by atoms with Gasteiger partial charge in [0, 0.05) is 16.9 Å². The van der Waals surface area contributed by atoms with Gasteiger partial charge in [-0.1, -0.05) is 12.1 Å². The van der Waals surface area contributed by atoms with E-state index in [9.17, 15) is 27.6 Å². The number of fused-ring (bicyclic) bond motifs is 1. The van der Waals surface area contributed by atoms with Gasteiger partial charge in [0.1, 0.15) is 10.7 Å². The Morgan fingerprint density at radius 3 is 2.32 bits per heavy atom. The minimum absolute atomic E-state index is 0.0109. The average molecular weight is 486 g/mol. The van der Waals surface area contributed by atoms with Crippen LogP contribution < -0.4 is 16.2 Å². The second kappa shape index (κ2) is 8.75. The van der Waals surface area contributed by atoms with Crippen molar-refractivity contribution in [3.05, 3.63) is 86.3 Å². The molecule has 0 fully saturated rings. The van der Waals surface area contributed by atoms with E-state index in [-0.39, 0.29) is 16.8 Å². The highest BCUT2D eigenvalue weighted by atomic mass is 32.1. The fourth-order valence-corrected chi connectivity index (χ4v) is 4.49. The molecule has 0 aliphatic heterocycles. The molecule has 34 heavy (non-hydrogen) atoms. The van der Waals surface area contributed by atoms with E-state index in [0.29, 0.717) is 32.2 Å². The monoisotopic (exact) mass is 486 g/mol. The van der Waals surface area contributed by atoms with E-state index >= 15 is 0 Å². The second-order valence-electron chi connectivity index (χ2n) is 7.46. The Kier molecular flexibility index (Phi) is 5.96. The van der Waals surface area contributed by atoms with Gasteiger partial charge in [0.05, 0.1) is 15.8 Å². The minimum Gasteiger partial charge on any atom is -0.322 e. The smallest absolute Gasteiger partial charge is 0.322 e. The van der Waals surface area contributed by atoms with Gasteiger partial charge < -0.3 is 15.6 Å². The zero-order valence-corrected chi connectivity index (χ0v) is 18.6. The third-order valence-electron chi connectivity index (χ3n) is 4.96. The molecule has 7 nitrogen and oxygen atoms in total. The van der Waals surface area contributed by atoms with Crippen LogP contribution in [0.15, 0.2) is 53.3 Å². The first-order valence-corrected chi connectivity index (χ1v) is 10.7. The van der Waals surface area contributed by atoms with Gasteiger partial charge in [0.2, 0.25) is 0 Å². The number of hydrogen-bond acceptors (Lipinski definition) is 5. The largest absolute Gasteiger partial charge is 0.416 e. The number of H-pyrrole nitrogens is 1. The molecule has 0 aliphatic carbocycles. The quantitative estimate of drug-likeness (QED) is 0.372. The maximum absolute atomic E-state index is 12.9. The number of alkyl halides is 3. The molecule has 0 unspecified atom stereocenters. The van der Waals surface area contributed by atoms with E-state index in [1.54, 1.807) is 19.9 Å². The Bertz CT molecular complexity index is 1490. The van der Waals surface area contributed by atoms with Crippen LogP contribution in [0.5, 0.6) is 0 Å². The molecule has 0 radical (unpaired) electrons. The molecule has 4 aromatic rings. The normalized spacial score (nSPS) is 11.4. The number of aromatic amines is 1. The van der Waals surface area contributed by atoms with Crippen molar-refractivity contribution in [3.63, 3.8) is 0 Å². The van der Waals surface area contributed by atoms with Gasteiger partial charge in [-0.25, -0.2) is 4.98 Å². The zero-order valence-electron chi connectivity index (χ0n) is 17.8. The third kappa shape index (κ3) is 4.69. The van der Waals surface area contributed by atoms with Crippen LogP contribution in [-0.4, -0.2) is 21.8 Å². The number of aryl methyl sites for hydroxylation is 2. The lowest BCUT2D eigenvalue weighted by molar-refractivity contribution is -0.137.